The van der Waals surface area contributed by atoms with Crippen molar-refractivity contribution in [1.82, 2.24) is 10.2 Å². The highest BCUT2D eigenvalue weighted by molar-refractivity contribution is 5.78. The van der Waals surface area contributed by atoms with Gasteiger partial charge in [0.2, 0.25) is 5.91 Å². The molecule has 2 N–H and O–H groups in total. The van der Waals surface area contributed by atoms with Gasteiger partial charge in [-0.15, -0.1) is 0 Å². The van der Waals surface area contributed by atoms with E-state index in [0.29, 0.717) is 12.5 Å². The van der Waals surface area contributed by atoms with Gasteiger partial charge in [0.05, 0.1) is 0 Å². The van der Waals surface area contributed by atoms with E-state index in [-0.39, 0.29) is 11.8 Å². The van der Waals surface area contributed by atoms with Gasteiger partial charge in [-0.3, -0.25) is 4.79 Å². The molecule has 4 heteroatoms. The Kier molecular flexibility index (Phi) is 5.45. The molecule has 2 aliphatic rings. The van der Waals surface area contributed by atoms with E-state index >= 15 is 0 Å². The summed E-state index contributed by atoms with van der Waals surface area (Å²) < 4.78 is 0. The molecule has 1 aliphatic heterocycles. The fraction of sp³-hybridized carbons (Fsp3) is 0.929. The Hall–Kier alpha value is -0.610. The quantitative estimate of drug-likeness (QED) is 0.695. The SMILES string of the molecule is O=C(NCCCN1CCC(CO)C1)C1CCCC1. The van der Waals surface area contributed by atoms with Crippen LogP contribution in [0.15, 0.2) is 0 Å². The summed E-state index contributed by atoms with van der Waals surface area (Å²) in [6.45, 7) is 4.28. The molecule has 0 aromatic rings. The number of nitrogens with one attached hydrogen (secondary N) is 1. The number of aliphatic hydroxyl groups excluding tert-OH is 1. The van der Waals surface area contributed by atoms with Gasteiger partial charge in [-0.2, -0.15) is 0 Å². The Morgan fingerprint density at radius 3 is 2.72 bits per heavy atom. The summed E-state index contributed by atoms with van der Waals surface area (Å²) in [6.07, 6.45) is 6.73. The second kappa shape index (κ2) is 7.10. The van der Waals surface area contributed by atoms with E-state index in [4.69, 9.17) is 5.11 Å². The summed E-state index contributed by atoms with van der Waals surface area (Å²) in [6, 6.07) is 0. The van der Waals surface area contributed by atoms with Crippen molar-refractivity contribution >= 4 is 5.91 Å². The van der Waals surface area contributed by atoms with Gasteiger partial charge in [0.25, 0.3) is 0 Å². The first-order chi connectivity index (χ1) is 8.79. The van der Waals surface area contributed by atoms with Gasteiger partial charge in [-0.05, 0) is 44.7 Å². The van der Waals surface area contributed by atoms with Crippen molar-refractivity contribution in [2.75, 3.05) is 32.8 Å². The number of hydrogen-bond acceptors (Lipinski definition) is 3. The van der Waals surface area contributed by atoms with Crippen LogP contribution in [0, 0.1) is 11.8 Å². The highest BCUT2D eigenvalue weighted by Gasteiger charge is 2.23. The molecule has 0 aromatic heterocycles. The number of carbonyl (C=O) groups is 1. The average molecular weight is 254 g/mol. The molecule has 1 atom stereocenters. The lowest BCUT2D eigenvalue weighted by Crippen LogP contribution is -2.32. The van der Waals surface area contributed by atoms with Crippen molar-refractivity contribution in [3.05, 3.63) is 0 Å². The molecule has 1 saturated carbocycles. The molecule has 0 radical (unpaired) electrons. The zero-order chi connectivity index (χ0) is 12.8. The Morgan fingerprint density at radius 2 is 2.06 bits per heavy atom. The predicted octanol–water partition coefficient (Wildman–Crippen LogP) is 0.997. The van der Waals surface area contributed by atoms with Crippen molar-refractivity contribution in [1.29, 1.82) is 0 Å². The third-order valence-electron chi connectivity index (χ3n) is 4.30. The minimum absolute atomic E-state index is 0.266. The first-order valence-corrected chi connectivity index (χ1v) is 7.40. The van der Waals surface area contributed by atoms with E-state index < -0.39 is 0 Å². The monoisotopic (exact) mass is 254 g/mol. The molecule has 0 aromatic carbocycles. The lowest BCUT2D eigenvalue weighted by atomic mass is 10.1. The van der Waals surface area contributed by atoms with Gasteiger partial charge in [0.15, 0.2) is 0 Å². The number of amides is 1. The van der Waals surface area contributed by atoms with Crippen LogP contribution in [-0.2, 0) is 4.79 Å². The van der Waals surface area contributed by atoms with Gasteiger partial charge in [0.1, 0.15) is 0 Å². The van der Waals surface area contributed by atoms with E-state index in [1.807, 2.05) is 0 Å². The molecule has 1 aliphatic carbocycles. The van der Waals surface area contributed by atoms with Crippen molar-refractivity contribution in [2.45, 2.75) is 38.5 Å². The van der Waals surface area contributed by atoms with Crippen LogP contribution in [0.5, 0.6) is 0 Å². The van der Waals surface area contributed by atoms with Crippen molar-refractivity contribution in [3.8, 4) is 0 Å². The summed E-state index contributed by atoms with van der Waals surface area (Å²) in [5, 5.41) is 12.1. The smallest absolute Gasteiger partial charge is 0.223 e. The van der Waals surface area contributed by atoms with Crippen molar-refractivity contribution in [3.63, 3.8) is 0 Å². The molecule has 0 bridgehead atoms. The molecule has 2 rings (SSSR count). The standard InChI is InChI=1S/C14H26N2O2/c17-11-12-6-9-16(10-12)8-3-7-15-14(18)13-4-1-2-5-13/h12-13,17H,1-11H2,(H,15,18). The lowest BCUT2D eigenvalue weighted by Gasteiger charge is -2.16. The zero-order valence-electron chi connectivity index (χ0n) is 11.2. The fourth-order valence-corrected chi connectivity index (χ4v) is 3.11. The average Bonchev–Trinajstić information content (AvgIpc) is 3.05. The Balaban J connectivity index is 1.52. The molecule has 1 amide bonds. The second-order valence-electron chi connectivity index (χ2n) is 5.76. The van der Waals surface area contributed by atoms with Crippen molar-refractivity contribution < 1.29 is 9.90 Å². The topological polar surface area (TPSA) is 52.6 Å². The highest BCUT2D eigenvalue weighted by Crippen LogP contribution is 2.24. The Bertz CT molecular complexity index is 265. The summed E-state index contributed by atoms with van der Waals surface area (Å²) in [5.74, 6) is 1.02. The zero-order valence-corrected chi connectivity index (χ0v) is 11.2. The Morgan fingerprint density at radius 1 is 1.28 bits per heavy atom. The summed E-state index contributed by atoms with van der Waals surface area (Å²) >= 11 is 0. The van der Waals surface area contributed by atoms with Crippen LogP contribution in [0.1, 0.15) is 38.5 Å². The van der Waals surface area contributed by atoms with Gasteiger partial charge in [0, 0.05) is 25.6 Å². The largest absolute Gasteiger partial charge is 0.396 e. The summed E-state index contributed by atoms with van der Waals surface area (Å²) in [5.41, 5.74) is 0. The molecule has 1 unspecified atom stereocenters. The van der Waals surface area contributed by atoms with Crippen molar-refractivity contribution in [2.24, 2.45) is 11.8 Å². The number of carbonyl (C=O) groups excluding carboxylic acids is 1. The van der Waals surface area contributed by atoms with Gasteiger partial charge < -0.3 is 15.3 Å². The molecule has 2 fully saturated rings. The first-order valence-electron chi connectivity index (χ1n) is 7.40. The van der Waals surface area contributed by atoms with Crippen LogP contribution in [-0.4, -0.2) is 48.7 Å². The van der Waals surface area contributed by atoms with E-state index in [1.54, 1.807) is 0 Å². The van der Waals surface area contributed by atoms with Crippen LogP contribution < -0.4 is 5.32 Å². The molecule has 1 saturated heterocycles. The van der Waals surface area contributed by atoms with Crippen LogP contribution in [0.4, 0.5) is 0 Å². The number of aliphatic hydroxyl groups is 1. The molecular formula is C14H26N2O2. The molecule has 4 nitrogen and oxygen atoms in total. The summed E-state index contributed by atoms with van der Waals surface area (Å²) in [4.78, 5) is 14.2. The normalized spacial score (nSPS) is 25.7. The number of rotatable bonds is 6. The third kappa shape index (κ3) is 3.95. The molecular weight excluding hydrogens is 228 g/mol. The predicted molar refractivity (Wildman–Crippen MR) is 71.2 cm³/mol. The van der Waals surface area contributed by atoms with Gasteiger partial charge in [-0.25, -0.2) is 0 Å². The second-order valence-corrected chi connectivity index (χ2v) is 5.76. The van der Waals surface area contributed by atoms with E-state index in [0.717, 1.165) is 51.9 Å². The van der Waals surface area contributed by atoms with Crippen LogP contribution in [0.2, 0.25) is 0 Å². The third-order valence-corrected chi connectivity index (χ3v) is 4.30. The first kappa shape index (κ1) is 13.8. The molecule has 1 heterocycles. The number of nitrogens with zero attached hydrogens (tertiary/aromatic N) is 1. The van der Waals surface area contributed by atoms with Crippen LogP contribution in [0.25, 0.3) is 0 Å². The molecule has 0 spiro atoms. The lowest BCUT2D eigenvalue weighted by molar-refractivity contribution is -0.124. The van der Waals surface area contributed by atoms with Crippen LogP contribution in [0.3, 0.4) is 0 Å². The van der Waals surface area contributed by atoms with Crippen LogP contribution >= 0.6 is 0 Å². The van der Waals surface area contributed by atoms with Gasteiger partial charge >= 0.3 is 0 Å². The van der Waals surface area contributed by atoms with Gasteiger partial charge in [-0.1, -0.05) is 12.8 Å². The number of likely N-dealkylation sites (tertiary alicyclic amines) is 1. The summed E-state index contributed by atoms with van der Waals surface area (Å²) in [7, 11) is 0. The maximum Gasteiger partial charge on any atom is 0.223 e. The van der Waals surface area contributed by atoms with E-state index in [9.17, 15) is 4.79 Å². The maximum atomic E-state index is 11.8. The van der Waals surface area contributed by atoms with E-state index in [2.05, 4.69) is 10.2 Å². The number of hydrogen-bond donors (Lipinski definition) is 2. The highest BCUT2D eigenvalue weighted by atomic mass is 16.3. The maximum absolute atomic E-state index is 11.8. The Labute approximate surface area is 110 Å². The minimum Gasteiger partial charge on any atom is -0.396 e. The minimum atomic E-state index is 0.266. The molecule has 104 valence electrons. The molecule has 18 heavy (non-hydrogen) atoms. The van der Waals surface area contributed by atoms with E-state index in [1.165, 1.54) is 12.8 Å². The fourth-order valence-electron chi connectivity index (χ4n) is 3.11.